The van der Waals surface area contributed by atoms with Crippen LogP contribution in [-0.4, -0.2) is 291 Å². The van der Waals surface area contributed by atoms with Crippen LogP contribution < -0.4 is 0 Å². The standard InChI is InChI=1S/6C5H13NO2.Cr.3Fe/c6*1-6(2-4-7)3-5-8;;;;/h6*7-8H,2-5H2,1H3;;;;/q;;;;;;;3*+2. The first-order chi connectivity index (χ1) is 22.8. The topological polar surface area (TPSA) is 262 Å². The number of aliphatic hydroxyl groups is 12. The maximum Gasteiger partial charge on any atom is 2.00 e. The molecule has 0 saturated carbocycles. The Morgan fingerprint density at radius 2 is 0.269 bits per heavy atom. The quantitative estimate of drug-likeness (QED) is 0.0402. The molecule has 0 aliphatic rings. The summed E-state index contributed by atoms with van der Waals surface area (Å²) >= 11 is 0. The van der Waals surface area contributed by atoms with Crippen LogP contribution in [0.1, 0.15) is 0 Å². The van der Waals surface area contributed by atoms with Gasteiger partial charge in [-0.05, 0) is 42.3 Å². The van der Waals surface area contributed by atoms with Crippen LogP contribution in [0.4, 0.5) is 0 Å². The molecule has 0 amide bonds. The van der Waals surface area contributed by atoms with Gasteiger partial charge in [-0.2, -0.15) is 0 Å². The second-order valence-electron chi connectivity index (χ2n) is 10.5. The largest absolute Gasteiger partial charge is 2.00 e. The molecule has 52 heavy (non-hydrogen) atoms. The maximum absolute atomic E-state index is 8.34. The van der Waals surface area contributed by atoms with Crippen LogP contribution in [0.15, 0.2) is 0 Å². The SMILES string of the molecule is CN(CCO)CCO.CN(CCO)CCO.CN(CCO)CCO.CN(CCO)CCO.CN(CCO)CCO.CN(CCO)CCO.[Cr].[Fe+2].[Fe+2].[Fe+2]. The van der Waals surface area contributed by atoms with E-state index in [1.54, 1.807) is 0 Å². The first kappa shape index (κ1) is 77.8. The van der Waals surface area contributed by atoms with Gasteiger partial charge in [-0.3, -0.25) is 0 Å². The van der Waals surface area contributed by atoms with Gasteiger partial charge in [0, 0.05) is 95.9 Å². The Balaban J connectivity index is -0.0000000501. The first-order valence-corrected chi connectivity index (χ1v) is 16.3. The zero-order chi connectivity index (χ0) is 38.4. The summed E-state index contributed by atoms with van der Waals surface area (Å²) in [7, 11) is 11.1. The molecule has 0 aromatic heterocycles. The molecule has 0 atom stereocenters. The molecule has 12 N–H and O–H groups in total. The van der Waals surface area contributed by atoms with E-state index in [2.05, 4.69) is 0 Å². The summed E-state index contributed by atoms with van der Waals surface area (Å²) < 4.78 is 0. The third-order valence-electron chi connectivity index (χ3n) is 5.78. The zero-order valence-corrected chi connectivity index (χ0v) is 37.1. The Bertz CT molecular complexity index is 394. The molecule has 0 aliphatic heterocycles. The van der Waals surface area contributed by atoms with Crippen LogP contribution in [0.2, 0.25) is 0 Å². The van der Waals surface area contributed by atoms with E-state index >= 15 is 0 Å². The average molecular weight is 935 g/mol. The molecule has 0 heterocycles. The zero-order valence-electron chi connectivity index (χ0n) is 32.5. The molecule has 0 unspecified atom stereocenters. The van der Waals surface area contributed by atoms with E-state index in [-0.39, 0.29) is 148 Å². The molecule has 0 spiro atoms. The van der Waals surface area contributed by atoms with Gasteiger partial charge in [0.1, 0.15) is 0 Å². The number of nitrogens with zero attached hydrogens (tertiary/aromatic N) is 6. The molecule has 0 aromatic carbocycles. The van der Waals surface area contributed by atoms with Gasteiger partial charge < -0.3 is 90.7 Å². The predicted molar refractivity (Wildman–Crippen MR) is 190 cm³/mol. The molecule has 0 rings (SSSR count). The van der Waals surface area contributed by atoms with Crippen LogP contribution in [0.3, 0.4) is 0 Å². The van der Waals surface area contributed by atoms with Crippen molar-refractivity contribution in [2.75, 3.05) is 200 Å². The molecule has 0 aliphatic carbocycles. The van der Waals surface area contributed by atoms with Gasteiger partial charge in [0.05, 0.1) is 79.3 Å². The van der Waals surface area contributed by atoms with E-state index in [1.807, 2.05) is 71.7 Å². The minimum atomic E-state index is 0. The van der Waals surface area contributed by atoms with Crippen molar-refractivity contribution in [3.8, 4) is 0 Å². The van der Waals surface area contributed by atoms with E-state index in [9.17, 15) is 0 Å². The molecule has 22 heteroatoms. The van der Waals surface area contributed by atoms with Crippen molar-refractivity contribution in [2.24, 2.45) is 0 Å². The molecule has 18 nitrogen and oxygen atoms in total. The first-order valence-electron chi connectivity index (χ1n) is 16.3. The monoisotopic (exact) mass is 934 g/mol. The van der Waals surface area contributed by atoms with Gasteiger partial charge in [0.2, 0.25) is 0 Å². The predicted octanol–water partition coefficient (Wildman–Crippen LogP) is -6.59. The summed E-state index contributed by atoms with van der Waals surface area (Å²) in [5.41, 5.74) is 0. The number of hydrogen-bond donors (Lipinski definition) is 12. The van der Waals surface area contributed by atoms with Gasteiger partial charge in [-0.1, -0.05) is 0 Å². The molecule has 0 saturated heterocycles. The van der Waals surface area contributed by atoms with E-state index in [4.69, 9.17) is 61.3 Å². The smallest absolute Gasteiger partial charge is 0.395 e. The Morgan fingerprint density at radius 1 is 0.212 bits per heavy atom. The second kappa shape index (κ2) is 73.5. The third-order valence-corrected chi connectivity index (χ3v) is 5.78. The van der Waals surface area contributed by atoms with Crippen molar-refractivity contribution < 1.29 is 130 Å². The van der Waals surface area contributed by atoms with Crippen LogP contribution in [0, 0.1) is 0 Å². The number of aliphatic hydroxyl groups excluding tert-OH is 12. The average Bonchev–Trinajstić information content (AvgIpc) is 3.01. The van der Waals surface area contributed by atoms with E-state index in [0.29, 0.717) is 78.5 Å². The van der Waals surface area contributed by atoms with Crippen molar-refractivity contribution >= 4 is 0 Å². The number of rotatable bonds is 24. The third kappa shape index (κ3) is 93.3. The van der Waals surface area contributed by atoms with Crippen LogP contribution >= 0.6 is 0 Å². The Labute approximate surface area is 357 Å². The molecule has 324 valence electrons. The maximum atomic E-state index is 8.34. The number of hydrogen-bond acceptors (Lipinski definition) is 18. The normalized spacial score (nSPS) is 9.69. The fourth-order valence-corrected chi connectivity index (χ4v) is 2.72. The van der Waals surface area contributed by atoms with Gasteiger partial charge >= 0.3 is 51.2 Å². The van der Waals surface area contributed by atoms with Gasteiger partial charge in [-0.25, -0.2) is 0 Å². The Kier molecular flexibility index (Phi) is 110. The molecule has 0 aromatic rings. The van der Waals surface area contributed by atoms with E-state index in [1.165, 1.54) is 0 Å². The Morgan fingerprint density at radius 3 is 0.308 bits per heavy atom. The minimum absolute atomic E-state index is 0. The van der Waals surface area contributed by atoms with Crippen molar-refractivity contribution in [3.63, 3.8) is 0 Å². The summed E-state index contributed by atoms with van der Waals surface area (Å²) in [4.78, 5) is 11.2. The van der Waals surface area contributed by atoms with Crippen molar-refractivity contribution in [2.45, 2.75) is 0 Å². The summed E-state index contributed by atoms with van der Waals surface area (Å²) in [6.07, 6.45) is 0. The van der Waals surface area contributed by atoms with Crippen molar-refractivity contribution in [1.29, 1.82) is 0 Å². The van der Waals surface area contributed by atoms with Crippen LogP contribution in [0.25, 0.3) is 0 Å². The van der Waals surface area contributed by atoms with Gasteiger partial charge in [-0.15, -0.1) is 0 Å². The summed E-state index contributed by atoms with van der Waals surface area (Å²) in [6, 6.07) is 0. The van der Waals surface area contributed by atoms with E-state index in [0.717, 1.165) is 0 Å². The summed E-state index contributed by atoms with van der Waals surface area (Å²) in [5.74, 6) is 0. The fourth-order valence-electron chi connectivity index (χ4n) is 2.72. The Hall–Kier alpha value is 1.37. The molecule has 0 bridgehead atoms. The van der Waals surface area contributed by atoms with Gasteiger partial charge in [0.25, 0.3) is 0 Å². The van der Waals surface area contributed by atoms with Crippen LogP contribution in [-0.2, 0) is 68.6 Å². The molecule has 0 radical (unpaired) electrons. The summed E-state index contributed by atoms with van der Waals surface area (Å²) in [5, 5.41) is 100. The minimum Gasteiger partial charge on any atom is -0.395 e. The van der Waals surface area contributed by atoms with Crippen LogP contribution in [0.5, 0.6) is 0 Å². The van der Waals surface area contributed by atoms with Crippen molar-refractivity contribution in [3.05, 3.63) is 0 Å². The summed E-state index contributed by atoms with van der Waals surface area (Å²) in [6.45, 7) is 9.63. The fraction of sp³-hybridized carbons (Fsp3) is 1.00. The van der Waals surface area contributed by atoms with Gasteiger partial charge in [0.15, 0.2) is 0 Å². The second-order valence-corrected chi connectivity index (χ2v) is 10.5. The van der Waals surface area contributed by atoms with Crippen molar-refractivity contribution in [1.82, 2.24) is 29.4 Å². The number of likely N-dealkylation sites (N-methyl/N-ethyl adjacent to an activating group) is 6. The van der Waals surface area contributed by atoms with E-state index < -0.39 is 0 Å². The molecular weight excluding hydrogens is 856 g/mol. The molecular formula is C30H78CrFe3N6O12+6. The molecule has 0 fully saturated rings.